The molecule has 1 aromatic rings. The highest BCUT2D eigenvalue weighted by molar-refractivity contribution is 5.73. The molecule has 5 heteroatoms. The van der Waals surface area contributed by atoms with Gasteiger partial charge in [-0.1, -0.05) is 6.07 Å². The number of hydrogen-bond acceptors (Lipinski definition) is 5. The molecule has 0 bridgehead atoms. The molecule has 110 valence electrons. The first-order valence-electron chi connectivity index (χ1n) is 6.67. The molecule has 20 heavy (non-hydrogen) atoms. The minimum Gasteiger partial charge on any atom is -0.490 e. The average Bonchev–Trinajstić information content (AvgIpc) is 2.69. The van der Waals surface area contributed by atoms with Crippen molar-refractivity contribution in [3.8, 4) is 11.5 Å². The Hall–Kier alpha value is -1.75. The van der Waals surface area contributed by atoms with Gasteiger partial charge in [-0.25, -0.2) is 0 Å². The van der Waals surface area contributed by atoms with Crippen molar-refractivity contribution in [1.82, 2.24) is 0 Å². The summed E-state index contributed by atoms with van der Waals surface area (Å²) in [6.45, 7) is 4.41. The summed E-state index contributed by atoms with van der Waals surface area (Å²) in [5, 5.41) is 10.6. The molecule has 1 aromatic carbocycles. The molecule has 0 fully saturated rings. The van der Waals surface area contributed by atoms with E-state index in [1.165, 1.54) is 7.11 Å². The van der Waals surface area contributed by atoms with Gasteiger partial charge in [0.15, 0.2) is 11.5 Å². The van der Waals surface area contributed by atoms with Crippen LogP contribution in [0.4, 0.5) is 0 Å². The van der Waals surface area contributed by atoms with Crippen LogP contribution in [0.2, 0.25) is 0 Å². The van der Waals surface area contributed by atoms with Gasteiger partial charge >= 0.3 is 5.97 Å². The SMILES string of the molecule is COC(=O)C(C)C(C)(O)c1ccc2c(c1)OCCCO2. The van der Waals surface area contributed by atoms with Crippen molar-refractivity contribution in [3.63, 3.8) is 0 Å². The van der Waals surface area contributed by atoms with Crippen molar-refractivity contribution < 1.29 is 24.1 Å². The van der Waals surface area contributed by atoms with E-state index < -0.39 is 17.5 Å². The lowest BCUT2D eigenvalue weighted by atomic mass is 9.84. The van der Waals surface area contributed by atoms with Crippen molar-refractivity contribution >= 4 is 5.97 Å². The van der Waals surface area contributed by atoms with Gasteiger partial charge in [-0.3, -0.25) is 4.79 Å². The van der Waals surface area contributed by atoms with Crippen LogP contribution in [0.5, 0.6) is 11.5 Å². The molecule has 2 rings (SSSR count). The smallest absolute Gasteiger partial charge is 0.311 e. The average molecular weight is 280 g/mol. The quantitative estimate of drug-likeness (QED) is 0.856. The zero-order chi connectivity index (χ0) is 14.8. The lowest BCUT2D eigenvalue weighted by Crippen LogP contribution is -2.36. The molecule has 1 heterocycles. The number of aliphatic hydroxyl groups is 1. The zero-order valence-corrected chi connectivity index (χ0v) is 12.0. The van der Waals surface area contributed by atoms with Crippen LogP contribution < -0.4 is 9.47 Å². The number of benzene rings is 1. The molecule has 0 radical (unpaired) electrons. The Labute approximate surface area is 118 Å². The van der Waals surface area contributed by atoms with Gasteiger partial charge in [0, 0.05) is 6.42 Å². The van der Waals surface area contributed by atoms with Crippen LogP contribution in [0.25, 0.3) is 0 Å². The molecule has 0 aliphatic carbocycles. The molecule has 0 saturated carbocycles. The Morgan fingerprint density at radius 2 is 2.00 bits per heavy atom. The number of rotatable bonds is 3. The zero-order valence-electron chi connectivity index (χ0n) is 12.0. The van der Waals surface area contributed by atoms with Crippen LogP contribution in [0.15, 0.2) is 18.2 Å². The number of fused-ring (bicyclic) bond motifs is 1. The first kappa shape index (κ1) is 14.7. The molecular formula is C15H20O5. The van der Waals surface area contributed by atoms with E-state index in [1.807, 2.05) is 0 Å². The highest BCUT2D eigenvalue weighted by Crippen LogP contribution is 2.37. The van der Waals surface area contributed by atoms with Crippen LogP contribution >= 0.6 is 0 Å². The number of hydrogen-bond donors (Lipinski definition) is 1. The van der Waals surface area contributed by atoms with Crippen molar-refractivity contribution in [2.24, 2.45) is 5.92 Å². The Morgan fingerprint density at radius 1 is 1.35 bits per heavy atom. The van der Waals surface area contributed by atoms with E-state index in [-0.39, 0.29) is 0 Å². The minimum absolute atomic E-state index is 0.456. The number of carbonyl (C=O) groups is 1. The number of esters is 1. The largest absolute Gasteiger partial charge is 0.490 e. The molecular weight excluding hydrogens is 260 g/mol. The van der Waals surface area contributed by atoms with Gasteiger partial charge < -0.3 is 19.3 Å². The van der Waals surface area contributed by atoms with E-state index in [0.29, 0.717) is 30.3 Å². The summed E-state index contributed by atoms with van der Waals surface area (Å²) < 4.78 is 15.8. The second-order valence-electron chi connectivity index (χ2n) is 5.10. The van der Waals surface area contributed by atoms with E-state index in [9.17, 15) is 9.90 Å². The lowest BCUT2D eigenvalue weighted by Gasteiger charge is -2.29. The van der Waals surface area contributed by atoms with Crippen LogP contribution in [0, 0.1) is 5.92 Å². The van der Waals surface area contributed by atoms with Gasteiger partial charge in [0.25, 0.3) is 0 Å². The van der Waals surface area contributed by atoms with E-state index in [2.05, 4.69) is 0 Å². The maximum absolute atomic E-state index is 11.6. The third-order valence-corrected chi connectivity index (χ3v) is 3.73. The fraction of sp³-hybridized carbons (Fsp3) is 0.533. The van der Waals surface area contributed by atoms with Gasteiger partial charge in [-0.15, -0.1) is 0 Å². The molecule has 1 aliphatic heterocycles. The summed E-state index contributed by atoms with van der Waals surface area (Å²) in [5.74, 6) is 0.115. The van der Waals surface area contributed by atoms with Gasteiger partial charge in [-0.05, 0) is 31.5 Å². The lowest BCUT2D eigenvalue weighted by molar-refractivity contribution is -0.154. The Kier molecular flexibility index (Phi) is 4.18. The molecule has 0 spiro atoms. The van der Waals surface area contributed by atoms with Gasteiger partial charge in [-0.2, -0.15) is 0 Å². The molecule has 1 aliphatic rings. The standard InChI is InChI=1S/C15H20O5/c1-10(14(16)18-3)15(2,17)11-5-6-12-13(9-11)20-8-4-7-19-12/h5-6,9-10,17H,4,7-8H2,1-3H3. The van der Waals surface area contributed by atoms with E-state index in [0.717, 1.165) is 6.42 Å². The second-order valence-corrected chi connectivity index (χ2v) is 5.10. The van der Waals surface area contributed by atoms with Gasteiger partial charge in [0.1, 0.15) is 0 Å². The van der Waals surface area contributed by atoms with Crippen molar-refractivity contribution in [1.29, 1.82) is 0 Å². The van der Waals surface area contributed by atoms with Crippen LogP contribution in [0.3, 0.4) is 0 Å². The topological polar surface area (TPSA) is 65.0 Å². The number of ether oxygens (including phenoxy) is 3. The van der Waals surface area contributed by atoms with Crippen molar-refractivity contribution in [3.05, 3.63) is 23.8 Å². The van der Waals surface area contributed by atoms with Gasteiger partial charge in [0.05, 0.1) is 31.8 Å². The van der Waals surface area contributed by atoms with E-state index >= 15 is 0 Å². The first-order chi connectivity index (χ1) is 9.46. The Bertz CT molecular complexity index is 495. The minimum atomic E-state index is -1.34. The van der Waals surface area contributed by atoms with Gasteiger partial charge in [0.2, 0.25) is 0 Å². The van der Waals surface area contributed by atoms with Crippen molar-refractivity contribution in [2.75, 3.05) is 20.3 Å². The van der Waals surface area contributed by atoms with E-state index in [1.54, 1.807) is 32.0 Å². The molecule has 2 unspecified atom stereocenters. The Morgan fingerprint density at radius 3 is 2.65 bits per heavy atom. The van der Waals surface area contributed by atoms with E-state index in [4.69, 9.17) is 14.2 Å². The van der Waals surface area contributed by atoms with Crippen LogP contribution in [0.1, 0.15) is 25.8 Å². The molecule has 1 N–H and O–H groups in total. The molecule has 0 saturated heterocycles. The third kappa shape index (κ3) is 2.72. The fourth-order valence-electron chi connectivity index (χ4n) is 2.13. The highest BCUT2D eigenvalue weighted by atomic mass is 16.5. The Balaban J connectivity index is 2.32. The summed E-state index contributed by atoms with van der Waals surface area (Å²) in [7, 11) is 1.31. The number of carbonyl (C=O) groups excluding carboxylic acids is 1. The monoisotopic (exact) mass is 280 g/mol. The summed E-state index contributed by atoms with van der Waals surface area (Å²) >= 11 is 0. The number of methoxy groups -OCH3 is 1. The molecule has 0 amide bonds. The normalized spacial score (nSPS) is 18.6. The molecule has 2 atom stereocenters. The highest BCUT2D eigenvalue weighted by Gasteiger charge is 2.36. The first-order valence-corrected chi connectivity index (χ1v) is 6.67. The fourth-order valence-corrected chi connectivity index (χ4v) is 2.13. The maximum Gasteiger partial charge on any atom is 0.311 e. The second kappa shape index (κ2) is 5.71. The van der Waals surface area contributed by atoms with Crippen LogP contribution in [-0.2, 0) is 15.1 Å². The third-order valence-electron chi connectivity index (χ3n) is 3.73. The summed E-state index contributed by atoms with van der Waals surface area (Å²) in [4.78, 5) is 11.6. The predicted octanol–water partition coefficient (Wildman–Crippen LogP) is 1.86. The van der Waals surface area contributed by atoms with Crippen molar-refractivity contribution in [2.45, 2.75) is 25.9 Å². The summed E-state index contributed by atoms with van der Waals surface area (Å²) in [6.07, 6.45) is 0.818. The maximum atomic E-state index is 11.6. The molecule has 5 nitrogen and oxygen atoms in total. The summed E-state index contributed by atoms with van der Waals surface area (Å²) in [6, 6.07) is 5.22. The molecule has 0 aromatic heterocycles. The van der Waals surface area contributed by atoms with Crippen LogP contribution in [-0.4, -0.2) is 31.4 Å². The predicted molar refractivity (Wildman–Crippen MR) is 72.8 cm³/mol. The summed E-state index contributed by atoms with van der Waals surface area (Å²) in [5.41, 5.74) is -0.739.